The van der Waals surface area contributed by atoms with Crippen molar-refractivity contribution < 1.29 is 47.7 Å². The predicted octanol–water partition coefficient (Wildman–Crippen LogP) is 7.21. The maximum Gasteiger partial charge on any atom is -1.00 e. The predicted molar refractivity (Wildman–Crippen MR) is 200 cm³/mol. The second-order valence-corrected chi connectivity index (χ2v) is 22.8. The fourth-order valence-electron chi connectivity index (χ4n) is 7.40. The number of hydrogen-bond donors (Lipinski definition) is 0. The Bertz CT molecular complexity index is 1520. The van der Waals surface area contributed by atoms with Crippen molar-refractivity contribution in [1.82, 2.24) is 0 Å². The number of allylic oxidation sites excluding steroid dienone is 2. The number of hydrogen-bond acceptors (Lipinski definition) is 0. The molecule has 2 unspecified atom stereocenters. The van der Waals surface area contributed by atoms with E-state index in [4.69, 9.17) is 0 Å². The number of benzene rings is 4. The van der Waals surface area contributed by atoms with Crippen molar-refractivity contribution in [3.63, 3.8) is 0 Å². The van der Waals surface area contributed by atoms with Gasteiger partial charge in [0, 0.05) is 0 Å². The zero-order valence-corrected chi connectivity index (χ0v) is 35.2. The Morgan fingerprint density at radius 3 is 1.17 bits per heavy atom. The van der Waals surface area contributed by atoms with Gasteiger partial charge in [-0.2, -0.15) is 0 Å². The molecule has 2 aliphatic rings. The SMILES string of the molecule is CCCP(CCC)C1=Cc2c(-c3ccccc3)cccc2[CH]1[Hf+2][CH]1C(P(CCC)CCC)=Cc2c(-c3ccccc3)cccc21.[Cl-].[Cl-]. The first-order chi connectivity index (χ1) is 22.2. The van der Waals surface area contributed by atoms with Crippen LogP contribution in [0.15, 0.2) is 108 Å². The van der Waals surface area contributed by atoms with Crippen molar-refractivity contribution in [3.8, 4) is 22.3 Å². The quantitative estimate of drug-likeness (QED) is 0.0931. The second kappa shape index (κ2) is 18.6. The first-order valence-electron chi connectivity index (χ1n) is 17.2. The van der Waals surface area contributed by atoms with Crippen LogP contribution in [-0.4, -0.2) is 24.6 Å². The van der Waals surface area contributed by atoms with Crippen LogP contribution in [0.2, 0.25) is 0 Å². The molecule has 0 heterocycles. The molecule has 0 amide bonds. The molecule has 0 aromatic heterocycles. The summed E-state index contributed by atoms with van der Waals surface area (Å²) < 4.78 is 1.38. The van der Waals surface area contributed by atoms with Gasteiger partial charge in [-0.25, -0.2) is 0 Å². The topological polar surface area (TPSA) is 0 Å². The van der Waals surface area contributed by atoms with E-state index >= 15 is 0 Å². The fraction of sp³-hybridized carbons (Fsp3) is 0.333. The molecule has 0 nitrogen and oxygen atoms in total. The molecule has 0 N–H and O–H groups in total. The molecular formula is C42H48Cl2HfP2. The van der Waals surface area contributed by atoms with Gasteiger partial charge in [0.2, 0.25) is 0 Å². The summed E-state index contributed by atoms with van der Waals surface area (Å²) in [7, 11) is -0.213. The van der Waals surface area contributed by atoms with E-state index in [9.17, 15) is 0 Å². The van der Waals surface area contributed by atoms with E-state index in [1.165, 1.54) is 72.6 Å². The normalized spacial score (nSPS) is 16.1. The fourth-order valence-corrected chi connectivity index (χ4v) is 23.9. The number of halogens is 2. The Labute approximate surface area is 311 Å². The van der Waals surface area contributed by atoms with Crippen LogP contribution in [0.25, 0.3) is 34.4 Å². The molecule has 0 aliphatic heterocycles. The molecule has 0 saturated carbocycles. The summed E-state index contributed by atoms with van der Waals surface area (Å²) in [6.07, 6.45) is 16.1. The monoisotopic (exact) mass is 864 g/mol. The van der Waals surface area contributed by atoms with E-state index < -0.39 is 22.9 Å². The van der Waals surface area contributed by atoms with Crippen molar-refractivity contribution in [2.45, 2.75) is 60.7 Å². The van der Waals surface area contributed by atoms with Crippen LogP contribution in [0.3, 0.4) is 0 Å². The summed E-state index contributed by atoms with van der Waals surface area (Å²) in [6, 6.07) is 36.9. The van der Waals surface area contributed by atoms with E-state index in [2.05, 4.69) is 137 Å². The number of rotatable bonds is 14. The van der Waals surface area contributed by atoms with E-state index in [-0.39, 0.29) is 40.7 Å². The van der Waals surface area contributed by atoms with E-state index in [1.54, 1.807) is 22.3 Å². The summed E-state index contributed by atoms with van der Waals surface area (Å²) >= 11 is -1.32. The Morgan fingerprint density at radius 1 is 0.468 bits per heavy atom. The average molecular weight is 864 g/mol. The van der Waals surface area contributed by atoms with Crippen LogP contribution in [0.5, 0.6) is 0 Å². The van der Waals surface area contributed by atoms with Gasteiger partial charge in [0.25, 0.3) is 0 Å². The van der Waals surface area contributed by atoms with Crippen molar-refractivity contribution in [2.75, 3.05) is 24.6 Å². The van der Waals surface area contributed by atoms with Gasteiger partial charge in [0.05, 0.1) is 0 Å². The van der Waals surface area contributed by atoms with Crippen LogP contribution < -0.4 is 24.8 Å². The van der Waals surface area contributed by atoms with Crippen LogP contribution in [-0.2, 0) is 22.9 Å². The van der Waals surface area contributed by atoms with Crippen molar-refractivity contribution >= 4 is 28.0 Å². The zero-order valence-electron chi connectivity index (χ0n) is 28.4. The summed E-state index contributed by atoms with van der Waals surface area (Å²) in [5, 5.41) is 3.72. The van der Waals surface area contributed by atoms with E-state index in [0.29, 0.717) is 7.35 Å². The molecule has 5 heteroatoms. The number of fused-ring (bicyclic) bond motifs is 2. The third-order valence-corrected chi connectivity index (χ3v) is 24.1. The molecule has 2 atom stereocenters. The standard InChI is InChI=1S/2C21H24P.2ClH.Hf/c2*1-3-13-22(14-4-2)19-15-18-11-8-12-20(21(18)16-19)17-9-6-5-7-10-17;;;/h2*5-12,15-16H,3-4,13-14H2,1-2H3;2*1H;/q;;;;+2/p-2. The van der Waals surface area contributed by atoms with E-state index in [0.717, 1.165) is 0 Å². The largest absolute Gasteiger partial charge is 1.00 e. The molecule has 0 radical (unpaired) electrons. The van der Waals surface area contributed by atoms with E-state index in [1.807, 2.05) is 10.6 Å². The molecule has 6 rings (SSSR count). The summed E-state index contributed by atoms with van der Waals surface area (Å²) in [5.74, 6) is 0. The Hall–Kier alpha value is -1.33. The Balaban J connectivity index is 0.00000250. The van der Waals surface area contributed by atoms with Gasteiger partial charge in [-0.1, -0.05) is 0 Å². The minimum atomic E-state index is -1.32. The summed E-state index contributed by atoms with van der Waals surface area (Å²) in [6.45, 7) is 9.62. The van der Waals surface area contributed by atoms with Gasteiger partial charge < -0.3 is 24.8 Å². The molecular weight excluding hydrogens is 816 g/mol. The third-order valence-electron chi connectivity index (χ3n) is 9.28. The molecule has 4 aromatic carbocycles. The smallest absolute Gasteiger partial charge is 1.00 e. The Morgan fingerprint density at radius 2 is 0.830 bits per heavy atom. The second-order valence-electron chi connectivity index (χ2n) is 12.5. The van der Waals surface area contributed by atoms with Crippen molar-refractivity contribution in [1.29, 1.82) is 0 Å². The van der Waals surface area contributed by atoms with Crippen LogP contribution in [0.4, 0.5) is 0 Å². The minimum Gasteiger partial charge on any atom is -1.00 e. The van der Waals surface area contributed by atoms with Crippen LogP contribution in [0.1, 0.15) is 83.0 Å². The van der Waals surface area contributed by atoms with Gasteiger partial charge in [-0.15, -0.1) is 0 Å². The van der Waals surface area contributed by atoms with Gasteiger partial charge >= 0.3 is 288 Å². The van der Waals surface area contributed by atoms with Crippen molar-refractivity contribution in [3.05, 3.63) is 130 Å². The maximum atomic E-state index is 2.73. The van der Waals surface area contributed by atoms with Gasteiger partial charge in [0.15, 0.2) is 0 Å². The maximum absolute atomic E-state index is 2.73. The van der Waals surface area contributed by atoms with Crippen LogP contribution >= 0.6 is 15.8 Å². The van der Waals surface area contributed by atoms with Crippen LogP contribution in [0, 0.1) is 0 Å². The van der Waals surface area contributed by atoms with Gasteiger partial charge in [0.1, 0.15) is 0 Å². The first kappa shape index (κ1) is 38.5. The molecule has 4 aromatic rings. The molecule has 244 valence electrons. The molecule has 0 saturated heterocycles. The molecule has 0 bridgehead atoms. The third kappa shape index (κ3) is 8.35. The van der Waals surface area contributed by atoms with Gasteiger partial charge in [-0.3, -0.25) is 0 Å². The molecule has 0 fully saturated rings. The summed E-state index contributed by atoms with van der Waals surface area (Å²) in [4.78, 5) is 0. The molecule has 47 heavy (non-hydrogen) atoms. The first-order valence-corrected chi connectivity index (χ1v) is 24.8. The Kier molecular flexibility index (Phi) is 15.2. The van der Waals surface area contributed by atoms with Crippen molar-refractivity contribution in [2.24, 2.45) is 0 Å². The average Bonchev–Trinajstić information content (AvgIpc) is 3.64. The minimum absolute atomic E-state index is 0. The zero-order chi connectivity index (χ0) is 31.2. The molecule has 0 spiro atoms. The summed E-state index contributed by atoms with van der Waals surface area (Å²) in [5.41, 5.74) is 12.0. The van der Waals surface area contributed by atoms with Gasteiger partial charge in [-0.05, 0) is 0 Å². The molecule has 2 aliphatic carbocycles.